The Morgan fingerprint density at radius 2 is 1.31 bits per heavy atom. The third-order valence-electron chi connectivity index (χ3n) is 2.56. The maximum atomic E-state index is 10.4. The van der Waals surface area contributed by atoms with Gasteiger partial charge in [-0.2, -0.15) is 8.42 Å². The smallest absolute Gasteiger partial charge is 0.264 e. The van der Waals surface area contributed by atoms with Gasteiger partial charge in [0.25, 0.3) is 10.1 Å². The van der Waals surface area contributed by atoms with E-state index in [4.69, 9.17) is 4.55 Å². The molecule has 16 heavy (non-hydrogen) atoms. The van der Waals surface area contributed by atoms with Gasteiger partial charge in [0.05, 0.1) is 5.75 Å². The van der Waals surface area contributed by atoms with E-state index >= 15 is 0 Å². The number of unbranched alkanes of at least 4 members (excludes halogenated alkanes) is 8. The Bertz CT molecular complexity index is 257. The zero-order valence-electron chi connectivity index (χ0n) is 10.0. The fourth-order valence-electron chi connectivity index (χ4n) is 1.63. The average Bonchev–Trinajstić information content (AvgIpc) is 2.19. The van der Waals surface area contributed by atoms with E-state index in [-0.39, 0.29) is 5.75 Å². The lowest BCUT2D eigenvalue weighted by Crippen LogP contribution is -2.03. The van der Waals surface area contributed by atoms with E-state index in [0.717, 1.165) is 19.3 Å². The Kier molecular flexibility index (Phi) is 9.63. The molecule has 0 fully saturated rings. The molecule has 0 aromatic carbocycles. The predicted octanol–water partition coefficient (Wildman–Crippen LogP) is 3.57. The van der Waals surface area contributed by atoms with Gasteiger partial charge in [-0.1, -0.05) is 44.6 Å². The summed E-state index contributed by atoms with van der Waals surface area (Å²) in [5.74, 6) is -0.0909. The highest BCUT2D eigenvalue weighted by Crippen LogP contribution is 2.10. The Labute approximate surface area is 99.7 Å². The Morgan fingerprint density at radius 3 is 1.75 bits per heavy atom. The van der Waals surface area contributed by atoms with Crippen molar-refractivity contribution in [1.82, 2.24) is 0 Å². The van der Waals surface area contributed by atoms with Gasteiger partial charge in [0.1, 0.15) is 0 Å². The van der Waals surface area contributed by atoms with Crippen LogP contribution in [0.5, 0.6) is 0 Å². The van der Waals surface area contributed by atoms with Crippen molar-refractivity contribution in [3.8, 4) is 0 Å². The molecular formula is C12H24O3S. The van der Waals surface area contributed by atoms with Crippen molar-refractivity contribution in [2.45, 2.75) is 57.8 Å². The molecule has 0 aromatic heterocycles. The molecule has 0 bridgehead atoms. The minimum absolute atomic E-state index is 0.0909. The summed E-state index contributed by atoms with van der Waals surface area (Å²) in [4.78, 5) is 0. The van der Waals surface area contributed by atoms with Crippen LogP contribution >= 0.6 is 0 Å². The topological polar surface area (TPSA) is 54.4 Å². The fraction of sp³-hybridized carbons (Fsp3) is 0.833. The maximum Gasteiger partial charge on any atom is 0.264 e. The SMILES string of the molecule is C=CCCCCCCCCCCS(=O)(=O)O. The molecule has 0 radical (unpaired) electrons. The van der Waals surface area contributed by atoms with Crippen LogP contribution in [0, 0.1) is 0 Å². The van der Waals surface area contributed by atoms with Gasteiger partial charge in [0.15, 0.2) is 0 Å². The summed E-state index contributed by atoms with van der Waals surface area (Å²) in [6.07, 6.45) is 11.7. The molecule has 0 saturated carbocycles. The second-order valence-electron chi connectivity index (χ2n) is 4.19. The zero-order valence-corrected chi connectivity index (χ0v) is 10.8. The highest BCUT2D eigenvalue weighted by atomic mass is 32.2. The van der Waals surface area contributed by atoms with E-state index in [1.165, 1.54) is 32.1 Å². The second kappa shape index (κ2) is 9.85. The van der Waals surface area contributed by atoms with Gasteiger partial charge in [0.2, 0.25) is 0 Å². The molecule has 0 aliphatic carbocycles. The van der Waals surface area contributed by atoms with Crippen LogP contribution in [0.15, 0.2) is 12.7 Å². The minimum Gasteiger partial charge on any atom is -0.286 e. The van der Waals surface area contributed by atoms with Crippen LogP contribution < -0.4 is 0 Å². The van der Waals surface area contributed by atoms with Crippen molar-refractivity contribution in [2.24, 2.45) is 0 Å². The third-order valence-corrected chi connectivity index (χ3v) is 3.37. The van der Waals surface area contributed by atoms with Crippen molar-refractivity contribution < 1.29 is 13.0 Å². The Morgan fingerprint density at radius 1 is 0.875 bits per heavy atom. The molecule has 0 spiro atoms. The van der Waals surface area contributed by atoms with Crippen LogP contribution in [0.2, 0.25) is 0 Å². The molecule has 3 nitrogen and oxygen atoms in total. The van der Waals surface area contributed by atoms with Crippen molar-refractivity contribution >= 4 is 10.1 Å². The average molecular weight is 248 g/mol. The quantitative estimate of drug-likeness (QED) is 0.345. The van der Waals surface area contributed by atoms with Crippen LogP contribution in [-0.2, 0) is 10.1 Å². The van der Waals surface area contributed by atoms with Crippen LogP contribution in [-0.4, -0.2) is 18.7 Å². The van der Waals surface area contributed by atoms with Gasteiger partial charge in [-0.15, -0.1) is 6.58 Å². The molecule has 0 saturated heterocycles. The van der Waals surface area contributed by atoms with Gasteiger partial charge in [-0.3, -0.25) is 4.55 Å². The molecule has 0 heterocycles. The lowest BCUT2D eigenvalue weighted by molar-refractivity contribution is 0.478. The molecule has 0 amide bonds. The normalized spacial score (nSPS) is 11.6. The Balaban J connectivity index is 3.07. The van der Waals surface area contributed by atoms with Crippen LogP contribution in [0.25, 0.3) is 0 Å². The zero-order chi connectivity index (χ0) is 12.3. The van der Waals surface area contributed by atoms with E-state index in [1.54, 1.807) is 0 Å². The monoisotopic (exact) mass is 248 g/mol. The van der Waals surface area contributed by atoms with Gasteiger partial charge in [-0.25, -0.2) is 0 Å². The number of hydrogen-bond donors (Lipinski definition) is 1. The van der Waals surface area contributed by atoms with Crippen molar-refractivity contribution in [3.05, 3.63) is 12.7 Å². The molecule has 96 valence electrons. The molecule has 0 aliphatic rings. The number of rotatable bonds is 11. The van der Waals surface area contributed by atoms with E-state index in [2.05, 4.69) is 6.58 Å². The van der Waals surface area contributed by atoms with Gasteiger partial charge in [-0.05, 0) is 19.3 Å². The minimum atomic E-state index is -3.74. The van der Waals surface area contributed by atoms with Crippen LogP contribution in [0.3, 0.4) is 0 Å². The molecule has 0 aliphatic heterocycles. The van der Waals surface area contributed by atoms with Gasteiger partial charge >= 0.3 is 0 Å². The molecule has 0 unspecified atom stereocenters. The molecule has 0 atom stereocenters. The Hall–Kier alpha value is -0.350. The molecule has 4 heteroatoms. The van der Waals surface area contributed by atoms with E-state index in [9.17, 15) is 8.42 Å². The molecule has 0 rings (SSSR count). The summed E-state index contributed by atoms with van der Waals surface area (Å²) in [7, 11) is -3.74. The van der Waals surface area contributed by atoms with E-state index in [1.807, 2.05) is 6.08 Å². The first-order chi connectivity index (χ1) is 7.56. The first-order valence-electron chi connectivity index (χ1n) is 6.12. The first-order valence-corrected chi connectivity index (χ1v) is 7.73. The summed E-state index contributed by atoms with van der Waals surface area (Å²) in [5.41, 5.74) is 0. The molecule has 1 N–H and O–H groups in total. The molecular weight excluding hydrogens is 224 g/mol. The fourth-order valence-corrected chi connectivity index (χ4v) is 2.20. The lowest BCUT2D eigenvalue weighted by atomic mass is 10.1. The summed E-state index contributed by atoms with van der Waals surface area (Å²) in [5, 5.41) is 0. The van der Waals surface area contributed by atoms with Crippen molar-refractivity contribution in [3.63, 3.8) is 0 Å². The van der Waals surface area contributed by atoms with E-state index < -0.39 is 10.1 Å². The summed E-state index contributed by atoms with van der Waals surface area (Å²) in [6.45, 7) is 3.68. The van der Waals surface area contributed by atoms with Crippen LogP contribution in [0.4, 0.5) is 0 Å². The largest absolute Gasteiger partial charge is 0.286 e. The van der Waals surface area contributed by atoms with Crippen molar-refractivity contribution in [1.29, 1.82) is 0 Å². The number of allylic oxidation sites excluding steroid dienone is 1. The second-order valence-corrected chi connectivity index (χ2v) is 5.76. The maximum absolute atomic E-state index is 10.4. The summed E-state index contributed by atoms with van der Waals surface area (Å²) >= 11 is 0. The number of hydrogen-bond acceptors (Lipinski definition) is 2. The highest BCUT2D eigenvalue weighted by molar-refractivity contribution is 7.85. The van der Waals surface area contributed by atoms with E-state index in [0.29, 0.717) is 6.42 Å². The lowest BCUT2D eigenvalue weighted by Gasteiger charge is -2.01. The van der Waals surface area contributed by atoms with Crippen molar-refractivity contribution in [2.75, 3.05) is 5.75 Å². The standard InChI is InChI=1S/C12H24O3S/c1-2-3-4-5-6-7-8-9-10-11-12-16(13,14)15/h2H,1,3-12H2,(H,13,14,15). The summed E-state index contributed by atoms with van der Waals surface area (Å²) < 4.78 is 29.3. The van der Waals surface area contributed by atoms with Gasteiger partial charge in [0, 0.05) is 0 Å². The summed E-state index contributed by atoms with van der Waals surface area (Å²) in [6, 6.07) is 0. The third kappa shape index (κ3) is 13.7. The first kappa shape index (κ1) is 15.7. The highest BCUT2D eigenvalue weighted by Gasteiger charge is 2.02. The molecule has 0 aromatic rings. The van der Waals surface area contributed by atoms with Crippen LogP contribution in [0.1, 0.15) is 57.8 Å². The van der Waals surface area contributed by atoms with Gasteiger partial charge < -0.3 is 0 Å². The predicted molar refractivity (Wildman–Crippen MR) is 68.2 cm³/mol.